The zero-order valence-corrected chi connectivity index (χ0v) is 43.5. The first-order valence-electron chi connectivity index (χ1n) is 24.1. The van der Waals surface area contributed by atoms with Gasteiger partial charge in [-0.3, -0.25) is 33.5 Å². The molecule has 1 saturated heterocycles. The number of benzene rings is 3. The standard InChI is InChI=1S/C54H59N9O7S2/c1-28-31(4)72-53-44(28)46(57-40(24-43(66)70-9)49-60-59-32(5)63(49)53)36-17-15-34(16-18-36)39-12-10-11-35-21-22-61(51(68)45(35)39)26-42(65)58-48(54(6,7)8)52(69)62-25-38(64)23-41(62)50(67)56-29(2)33-13-19-37(20-14-33)47-30(3)55-27-71-47/h10-20,27,29,38,40-41,48,64H,21-26H2,1-9H3,(H,56,67)(H,58,65)/t29-,38+,40?,41-,48+/m0/s1. The fraction of sp³-hybridized carbons (Fsp3) is 0.389. The van der Waals surface area contributed by atoms with Gasteiger partial charge in [0.15, 0.2) is 5.82 Å². The maximum atomic E-state index is 14.5. The second-order valence-corrected chi connectivity index (χ2v) is 22.0. The van der Waals surface area contributed by atoms with E-state index >= 15 is 0 Å². The lowest BCUT2D eigenvalue weighted by molar-refractivity contribution is -0.144. The van der Waals surface area contributed by atoms with Crippen LogP contribution in [0.15, 0.2) is 77.2 Å². The van der Waals surface area contributed by atoms with Crippen molar-refractivity contribution in [3.05, 3.63) is 128 Å². The second kappa shape index (κ2) is 20.0. The fourth-order valence-corrected chi connectivity index (χ4v) is 12.0. The monoisotopic (exact) mass is 1010 g/mol. The van der Waals surface area contributed by atoms with Crippen LogP contribution < -0.4 is 10.6 Å². The molecule has 3 aromatic heterocycles. The number of amides is 4. The van der Waals surface area contributed by atoms with E-state index < -0.39 is 53.3 Å². The molecule has 0 bridgehead atoms. The highest BCUT2D eigenvalue weighted by Crippen LogP contribution is 2.40. The topological polar surface area (TPSA) is 201 Å². The third kappa shape index (κ3) is 9.62. The van der Waals surface area contributed by atoms with Gasteiger partial charge in [0.05, 0.1) is 59.6 Å². The number of hydrogen-bond acceptors (Lipinski definition) is 13. The van der Waals surface area contributed by atoms with Crippen molar-refractivity contribution in [1.29, 1.82) is 0 Å². The molecule has 4 amide bonds. The van der Waals surface area contributed by atoms with E-state index in [0.29, 0.717) is 41.5 Å². The largest absolute Gasteiger partial charge is 0.469 e. The quantitative estimate of drug-likeness (QED) is 0.106. The summed E-state index contributed by atoms with van der Waals surface area (Å²) in [5.41, 5.74) is 10.3. The number of aromatic nitrogens is 4. The van der Waals surface area contributed by atoms with Gasteiger partial charge >= 0.3 is 5.97 Å². The molecule has 6 aromatic rings. The van der Waals surface area contributed by atoms with Crippen LogP contribution in [0, 0.1) is 33.1 Å². The van der Waals surface area contributed by atoms with Crippen LogP contribution in [0.1, 0.15) is 113 Å². The number of aryl methyl sites for hydroxylation is 3. The minimum Gasteiger partial charge on any atom is -0.469 e. The number of likely N-dealkylation sites (tertiary alicyclic amines) is 1. The predicted molar refractivity (Wildman–Crippen MR) is 276 cm³/mol. The van der Waals surface area contributed by atoms with Crippen LogP contribution in [-0.2, 0) is 30.3 Å². The molecular formula is C54H59N9O7S2. The fourth-order valence-electron chi connectivity index (χ4n) is 9.94. The van der Waals surface area contributed by atoms with E-state index in [9.17, 15) is 29.1 Å². The van der Waals surface area contributed by atoms with Gasteiger partial charge in [0.1, 0.15) is 29.0 Å². The van der Waals surface area contributed by atoms with Gasteiger partial charge in [0.2, 0.25) is 17.7 Å². The Morgan fingerprint density at radius 2 is 1.62 bits per heavy atom. The van der Waals surface area contributed by atoms with Gasteiger partial charge in [-0.2, -0.15) is 0 Å². The van der Waals surface area contributed by atoms with Gasteiger partial charge in [0, 0.05) is 35.5 Å². The van der Waals surface area contributed by atoms with Crippen LogP contribution in [0.5, 0.6) is 0 Å². The van der Waals surface area contributed by atoms with E-state index in [2.05, 4.69) is 39.7 Å². The number of rotatable bonds is 12. The van der Waals surface area contributed by atoms with Crippen molar-refractivity contribution < 1.29 is 33.8 Å². The number of fused-ring (bicyclic) bond motifs is 4. The zero-order chi connectivity index (χ0) is 51.3. The summed E-state index contributed by atoms with van der Waals surface area (Å²) in [5, 5.41) is 26.5. The van der Waals surface area contributed by atoms with Crippen molar-refractivity contribution in [3.8, 4) is 26.6 Å². The molecule has 3 aliphatic rings. The number of hydrogen-bond donors (Lipinski definition) is 3. The number of aliphatic hydroxyl groups is 1. The minimum absolute atomic E-state index is 0.0174. The molecule has 72 heavy (non-hydrogen) atoms. The minimum atomic E-state index is -1.07. The van der Waals surface area contributed by atoms with Crippen LogP contribution in [0.25, 0.3) is 26.6 Å². The molecule has 1 unspecified atom stereocenters. The Morgan fingerprint density at radius 1 is 0.917 bits per heavy atom. The Hall–Kier alpha value is -6.89. The zero-order valence-electron chi connectivity index (χ0n) is 41.9. The Balaban J connectivity index is 0.905. The van der Waals surface area contributed by atoms with Crippen molar-refractivity contribution in [2.75, 3.05) is 26.7 Å². The molecule has 0 aliphatic carbocycles. The third-order valence-corrected chi connectivity index (χ3v) is 16.2. The molecule has 374 valence electrons. The second-order valence-electron chi connectivity index (χ2n) is 20.0. The Morgan fingerprint density at radius 3 is 2.31 bits per heavy atom. The number of aliphatic hydroxyl groups excluding tert-OH is 1. The van der Waals surface area contributed by atoms with E-state index in [4.69, 9.17) is 9.73 Å². The van der Waals surface area contributed by atoms with Gasteiger partial charge in [-0.25, -0.2) is 4.98 Å². The number of esters is 1. The lowest BCUT2D eigenvalue weighted by Gasteiger charge is -2.36. The molecule has 9 rings (SSSR count). The van der Waals surface area contributed by atoms with Gasteiger partial charge in [-0.15, -0.1) is 32.9 Å². The molecule has 16 nitrogen and oxygen atoms in total. The number of carbonyl (C=O) groups is 5. The highest BCUT2D eigenvalue weighted by Gasteiger charge is 2.45. The summed E-state index contributed by atoms with van der Waals surface area (Å²) in [6.07, 6.45) is -0.381. The van der Waals surface area contributed by atoms with E-state index in [-0.39, 0.29) is 37.9 Å². The molecule has 6 heterocycles. The molecule has 0 spiro atoms. The first kappa shape index (κ1) is 50.1. The average molecular weight is 1010 g/mol. The number of thiazole rings is 1. The summed E-state index contributed by atoms with van der Waals surface area (Å²) in [6, 6.07) is 18.5. The van der Waals surface area contributed by atoms with E-state index in [1.165, 1.54) is 16.9 Å². The summed E-state index contributed by atoms with van der Waals surface area (Å²) in [7, 11) is 1.35. The maximum Gasteiger partial charge on any atom is 0.308 e. The number of nitrogens with one attached hydrogen (secondary N) is 2. The summed E-state index contributed by atoms with van der Waals surface area (Å²) in [6.45, 7) is 15.3. The number of thiophene rings is 1. The van der Waals surface area contributed by atoms with Gasteiger partial charge in [-0.1, -0.05) is 87.5 Å². The van der Waals surface area contributed by atoms with Crippen molar-refractivity contribution >= 4 is 58.0 Å². The molecule has 0 radical (unpaired) electrons. The summed E-state index contributed by atoms with van der Waals surface area (Å²) >= 11 is 3.19. The third-order valence-electron chi connectivity index (χ3n) is 14.0. The van der Waals surface area contributed by atoms with Crippen LogP contribution in [0.2, 0.25) is 0 Å². The average Bonchev–Trinajstić information content (AvgIpc) is 4.13. The predicted octanol–water partition coefficient (Wildman–Crippen LogP) is 7.18. The molecule has 5 atom stereocenters. The highest BCUT2D eigenvalue weighted by atomic mass is 32.1. The lowest BCUT2D eigenvalue weighted by atomic mass is 9.85. The summed E-state index contributed by atoms with van der Waals surface area (Å²) < 4.78 is 7.04. The van der Waals surface area contributed by atoms with Crippen LogP contribution in [0.4, 0.5) is 0 Å². The SMILES string of the molecule is COC(=O)CC1N=C(c2ccc(-c3cccc4c3C(=O)N(CC(=O)N[C@H](C(=O)N3C[C@H](O)C[C@H]3C(=O)N[C@@H](C)c3ccc(-c5scnc5C)cc3)C(C)(C)C)CC4)cc2)c2c(sc(C)c2C)-n2c(C)nnc21. The Bertz CT molecular complexity index is 3130. The van der Waals surface area contributed by atoms with Crippen molar-refractivity contribution in [2.45, 2.75) is 105 Å². The number of nitrogens with zero attached hydrogens (tertiary/aromatic N) is 7. The van der Waals surface area contributed by atoms with E-state index in [0.717, 1.165) is 59.4 Å². The first-order valence-corrected chi connectivity index (χ1v) is 25.8. The number of β-amino-alcohol motifs (C(OH)–C–C–N with tert-alkyl or cyclic N) is 1. The van der Waals surface area contributed by atoms with Crippen LogP contribution in [-0.4, -0.2) is 115 Å². The summed E-state index contributed by atoms with van der Waals surface area (Å²) in [5.74, 6) is -0.883. The summed E-state index contributed by atoms with van der Waals surface area (Å²) in [4.78, 5) is 84.2. The number of methoxy groups -OCH3 is 1. The molecule has 3 N–H and O–H groups in total. The van der Waals surface area contributed by atoms with Crippen molar-refractivity contribution in [3.63, 3.8) is 0 Å². The molecule has 3 aromatic carbocycles. The van der Waals surface area contributed by atoms with Crippen LogP contribution >= 0.6 is 22.7 Å². The van der Waals surface area contributed by atoms with Gasteiger partial charge in [0.25, 0.3) is 5.91 Å². The smallest absolute Gasteiger partial charge is 0.308 e. The lowest BCUT2D eigenvalue weighted by Crippen LogP contribution is -2.59. The van der Waals surface area contributed by atoms with Crippen LogP contribution in [0.3, 0.4) is 0 Å². The van der Waals surface area contributed by atoms with Gasteiger partial charge < -0.3 is 30.3 Å². The molecule has 0 saturated carbocycles. The van der Waals surface area contributed by atoms with Crippen molar-refractivity contribution in [1.82, 2.24) is 40.2 Å². The molecular weight excluding hydrogens is 951 g/mol. The van der Waals surface area contributed by atoms with E-state index in [1.807, 2.05) is 118 Å². The Kier molecular flexibility index (Phi) is 13.9. The van der Waals surface area contributed by atoms with Gasteiger partial charge in [-0.05, 0) is 79.8 Å². The first-order chi connectivity index (χ1) is 34.3. The normalized spacial score (nSPS) is 18.3. The maximum absolute atomic E-state index is 14.5. The number of aliphatic imine (C=N–C) groups is 1. The number of ether oxygens (including phenoxy) is 1. The number of carbonyl (C=O) groups excluding carboxylic acids is 5. The molecule has 18 heteroatoms. The highest BCUT2D eigenvalue weighted by molar-refractivity contribution is 7.15. The van der Waals surface area contributed by atoms with Crippen molar-refractivity contribution in [2.24, 2.45) is 10.4 Å². The molecule has 1 fully saturated rings. The molecule has 3 aliphatic heterocycles. The Labute approximate surface area is 426 Å². The van der Waals surface area contributed by atoms with E-state index in [1.54, 1.807) is 22.7 Å².